The number of aromatic amines is 2. The van der Waals surface area contributed by atoms with Gasteiger partial charge in [-0.25, -0.2) is 14.8 Å². The monoisotopic (exact) mass is 518 g/mol. The van der Waals surface area contributed by atoms with E-state index in [4.69, 9.17) is 9.72 Å². The average molecular weight is 519 g/mol. The first-order valence-corrected chi connectivity index (χ1v) is 12.4. The topological polar surface area (TPSA) is 150 Å². The molecule has 39 heavy (non-hydrogen) atoms. The molecule has 0 spiro atoms. The summed E-state index contributed by atoms with van der Waals surface area (Å²) < 4.78 is 5.33. The summed E-state index contributed by atoms with van der Waals surface area (Å²) in [5.41, 5.74) is 6.88. The summed E-state index contributed by atoms with van der Waals surface area (Å²) in [4.78, 5) is 40.1. The Balaban J connectivity index is 1.23. The number of nitrogens with one attached hydrogen (secondary N) is 3. The Hall–Kier alpha value is -5.23. The van der Waals surface area contributed by atoms with E-state index in [0.717, 1.165) is 38.7 Å². The number of aromatic nitrogens is 8. The van der Waals surface area contributed by atoms with E-state index < -0.39 is 0 Å². The molecule has 0 radical (unpaired) electrons. The SMILES string of the molecule is O=C(Nc1cncc(-c2cnc3[nH]nc(-c4nc5c(-c6cccnc6)cncc5[nH]4)c3c2)c1)N1CCOCC1. The van der Waals surface area contributed by atoms with Crippen molar-refractivity contribution >= 4 is 33.8 Å². The van der Waals surface area contributed by atoms with Crippen LogP contribution in [0.1, 0.15) is 0 Å². The molecule has 7 rings (SSSR count). The Bertz CT molecular complexity index is 1810. The molecule has 0 saturated carbocycles. The van der Waals surface area contributed by atoms with Crippen molar-refractivity contribution in [2.24, 2.45) is 0 Å². The summed E-state index contributed by atoms with van der Waals surface area (Å²) in [5, 5.41) is 11.2. The molecule has 12 heteroatoms. The van der Waals surface area contributed by atoms with E-state index in [1.807, 2.05) is 24.3 Å². The van der Waals surface area contributed by atoms with E-state index in [2.05, 4.69) is 40.4 Å². The van der Waals surface area contributed by atoms with Crippen LogP contribution in [0.5, 0.6) is 0 Å². The van der Waals surface area contributed by atoms with Gasteiger partial charge in [0.25, 0.3) is 0 Å². The van der Waals surface area contributed by atoms with Gasteiger partial charge in [-0.15, -0.1) is 0 Å². The lowest BCUT2D eigenvalue weighted by Crippen LogP contribution is -2.43. The zero-order valence-corrected chi connectivity index (χ0v) is 20.6. The summed E-state index contributed by atoms with van der Waals surface area (Å²) in [7, 11) is 0. The number of hydrogen-bond donors (Lipinski definition) is 3. The van der Waals surface area contributed by atoms with Crippen molar-refractivity contribution in [3.8, 4) is 33.8 Å². The molecule has 1 fully saturated rings. The molecule has 0 atom stereocenters. The van der Waals surface area contributed by atoms with Gasteiger partial charge in [-0.3, -0.25) is 20.1 Å². The highest BCUT2D eigenvalue weighted by atomic mass is 16.5. The van der Waals surface area contributed by atoms with Crippen molar-refractivity contribution in [3.63, 3.8) is 0 Å². The van der Waals surface area contributed by atoms with E-state index in [9.17, 15) is 4.79 Å². The quantitative estimate of drug-likeness (QED) is 0.318. The first kappa shape index (κ1) is 22.9. The first-order chi connectivity index (χ1) is 19.2. The lowest BCUT2D eigenvalue weighted by Gasteiger charge is -2.26. The minimum atomic E-state index is -0.173. The number of pyridine rings is 4. The number of urea groups is 1. The van der Waals surface area contributed by atoms with Gasteiger partial charge in [-0.1, -0.05) is 6.07 Å². The van der Waals surface area contributed by atoms with Gasteiger partial charge in [0.15, 0.2) is 11.5 Å². The predicted molar refractivity (Wildman–Crippen MR) is 145 cm³/mol. The molecule has 12 nitrogen and oxygen atoms in total. The summed E-state index contributed by atoms with van der Waals surface area (Å²) >= 11 is 0. The highest BCUT2D eigenvalue weighted by Crippen LogP contribution is 2.32. The Morgan fingerprint density at radius 1 is 0.949 bits per heavy atom. The summed E-state index contributed by atoms with van der Waals surface area (Å²) in [5.74, 6) is 0.595. The molecule has 3 N–H and O–H groups in total. The number of nitrogens with zero attached hydrogens (tertiary/aromatic N) is 7. The largest absolute Gasteiger partial charge is 0.378 e. The van der Waals surface area contributed by atoms with Gasteiger partial charge in [0.05, 0.1) is 42.2 Å². The molecule has 2 amide bonds. The molecule has 0 aromatic carbocycles. The van der Waals surface area contributed by atoms with Crippen LogP contribution in [0.3, 0.4) is 0 Å². The molecular weight excluding hydrogens is 496 g/mol. The smallest absolute Gasteiger partial charge is 0.322 e. The second-order valence-electron chi connectivity index (χ2n) is 9.09. The number of amides is 2. The number of carbonyl (C=O) groups is 1. The fourth-order valence-electron chi connectivity index (χ4n) is 4.66. The van der Waals surface area contributed by atoms with Gasteiger partial charge in [0, 0.05) is 66.3 Å². The molecule has 1 aliphatic rings. The maximum absolute atomic E-state index is 12.6. The predicted octanol–water partition coefficient (Wildman–Crippen LogP) is 3.88. The van der Waals surface area contributed by atoms with Crippen molar-refractivity contribution in [1.82, 2.24) is 45.0 Å². The van der Waals surface area contributed by atoms with E-state index in [-0.39, 0.29) is 6.03 Å². The number of H-pyrrole nitrogens is 2. The van der Waals surface area contributed by atoms with Gasteiger partial charge < -0.3 is 19.9 Å². The lowest BCUT2D eigenvalue weighted by molar-refractivity contribution is 0.0564. The van der Waals surface area contributed by atoms with Crippen molar-refractivity contribution in [2.75, 3.05) is 31.6 Å². The third kappa shape index (κ3) is 4.32. The van der Waals surface area contributed by atoms with Crippen molar-refractivity contribution in [3.05, 3.63) is 67.6 Å². The Morgan fingerprint density at radius 3 is 2.67 bits per heavy atom. The molecule has 6 aromatic rings. The second kappa shape index (κ2) is 9.58. The van der Waals surface area contributed by atoms with Crippen molar-refractivity contribution in [1.29, 1.82) is 0 Å². The van der Waals surface area contributed by atoms with Gasteiger partial charge in [-0.05, 0) is 18.2 Å². The minimum Gasteiger partial charge on any atom is -0.378 e. The highest BCUT2D eigenvalue weighted by Gasteiger charge is 2.19. The summed E-state index contributed by atoms with van der Waals surface area (Å²) in [6.45, 7) is 2.20. The van der Waals surface area contributed by atoms with Crippen LogP contribution in [-0.2, 0) is 4.74 Å². The van der Waals surface area contributed by atoms with Crippen LogP contribution in [0.2, 0.25) is 0 Å². The molecule has 7 heterocycles. The molecule has 0 unspecified atom stereocenters. The van der Waals surface area contributed by atoms with Crippen LogP contribution in [-0.4, -0.2) is 77.3 Å². The zero-order chi connectivity index (χ0) is 26.2. The minimum absolute atomic E-state index is 0.173. The number of anilines is 1. The summed E-state index contributed by atoms with van der Waals surface area (Å²) in [6.07, 6.45) is 12.2. The van der Waals surface area contributed by atoms with Crippen LogP contribution < -0.4 is 5.32 Å². The third-order valence-corrected chi connectivity index (χ3v) is 6.63. The average Bonchev–Trinajstić information content (AvgIpc) is 3.62. The van der Waals surface area contributed by atoms with Crippen molar-refractivity contribution < 1.29 is 9.53 Å². The molecule has 192 valence electrons. The maximum atomic E-state index is 12.6. The van der Waals surface area contributed by atoms with E-state index >= 15 is 0 Å². The van der Waals surface area contributed by atoms with Crippen molar-refractivity contribution in [2.45, 2.75) is 0 Å². The Labute approximate surface area is 221 Å². The number of morpholine rings is 1. The van der Waals surface area contributed by atoms with Gasteiger partial charge in [-0.2, -0.15) is 5.10 Å². The van der Waals surface area contributed by atoms with Crippen LogP contribution in [0.25, 0.3) is 55.8 Å². The van der Waals surface area contributed by atoms with Crippen LogP contribution in [0.4, 0.5) is 10.5 Å². The van der Waals surface area contributed by atoms with E-state index in [1.165, 1.54) is 0 Å². The normalized spacial score (nSPS) is 13.7. The van der Waals surface area contributed by atoms with Crippen LogP contribution in [0.15, 0.2) is 67.6 Å². The van der Waals surface area contributed by atoms with Crippen LogP contribution >= 0.6 is 0 Å². The molecule has 1 saturated heterocycles. The second-order valence-corrected chi connectivity index (χ2v) is 9.09. The molecule has 1 aliphatic heterocycles. The van der Waals surface area contributed by atoms with E-state index in [0.29, 0.717) is 49.2 Å². The number of hydrogen-bond acceptors (Lipinski definition) is 8. The molecule has 0 aliphatic carbocycles. The van der Waals surface area contributed by atoms with Gasteiger partial charge in [0.1, 0.15) is 11.2 Å². The van der Waals surface area contributed by atoms with Gasteiger partial charge in [0.2, 0.25) is 0 Å². The third-order valence-electron chi connectivity index (χ3n) is 6.63. The fraction of sp³-hybridized carbons (Fsp3) is 0.148. The maximum Gasteiger partial charge on any atom is 0.322 e. The van der Waals surface area contributed by atoms with Crippen LogP contribution in [0, 0.1) is 0 Å². The first-order valence-electron chi connectivity index (χ1n) is 12.4. The standard InChI is InChI=1S/C27H22N10O2/c38-27(37-4-6-39-7-5-37)32-19-8-17(11-29-13-19)18-9-20-24(35-36-25(20)31-12-18)26-33-22-15-30-14-21(23(22)34-26)16-2-1-3-28-10-16/h1-3,8-15H,4-7H2,(H,32,38)(H,33,34)(H,31,35,36). The van der Waals surface area contributed by atoms with E-state index in [1.54, 1.807) is 48.3 Å². The zero-order valence-electron chi connectivity index (χ0n) is 20.6. The number of fused-ring (bicyclic) bond motifs is 2. The number of rotatable bonds is 4. The van der Waals surface area contributed by atoms with Gasteiger partial charge >= 0.3 is 6.03 Å². The molecule has 6 aromatic heterocycles. The molecule has 0 bridgehead atoms. The molecular formula is C27H22N10O2. The lowest BCUT2D eigenvalue weighted by atomic mass is 10.1. The summed E-state index contributed by atoms with van der Waals surface area (Å²) in [6, 6.07) is 7.55. The number of imidazole rings is 1. The Kier molecular flexibility index (Phi) is 5.63. The Morgan fingerprint density at radius 2 is 1.79 bits per heavy atom. The fourth-order valence-corrected chi connectivity index (χ4v) is 4.66. The number of carbonyl (C=O) groups excluding carboxylic acids is 1. The number of ether oxygens (including phenoxy) is 1. The highest BCUT2D eigenvalue weighted by molar-refractivity contribution is 5.97.